The summed E-state index contributed by atoms with van der Waals surface area (Å²) in [4.78, 5) is 14.3. The van der Waals surface area contributed by atoms with Gasteiger partial charge in [-0.05, 0) is 37.3 Å². The van der Waals surface area contributed by atoms with Gasteiger partial charge in [0.05, 0.1) is 7.11 Å². The maximum Gasteiger partial charge on any atom is 0.251 e. The van der Waals surface area contributed by atoms with Crippen LogP contribution in [0, 0.1) is 0 Å². The molecule has 1 saturated heterocycles. The minimum absolute atomic E-state index is 0.0203. The normalized spacial score (nSPS) is 15.3. The lowest BCUT2D eigenvalue weighted by Gasteiger charge is -2.35. The van der Waals surface area contributed by atoms with Gasteiger partial charge in [0.2, 0.25) is 10.0 Å². The summed E-state index contributed by atoms with van der Waals surface area (Å²) in [6, 6.07) is 14.4. The second-order valence-corrected chi connectivity index (χ2v) is 8.36. The number of para-hydroxylation sites is 1. The number of methoxy groups -OCH3 is 1. The predicted molar refractivity (Wildman–Crippen MR) is 108 cm³/mol. The number of nitrogens with one attached hydrogen (secondary N) is 1. The van der Waals surface area contributed by atoms with Crippen molar-refractivity contribution in [2.75, 3.05) is 44.7 Å². The number of ether oxygens (including phenoxy) is 1. The van der Waals surface area contributed by atoms with Gasteiger partial charge in [0, 0.05) is 44.0 Å². The van der Waals surface area contributed by atoms with E-state index in [1.807, 2.05) is 37.3 Å². The Morgan fingerprint density at radius 2 is 1.75 bits per heavy atom. The van der Waals surface area contributed by atoms with Gasteiger partial charge in [0.25, 0.3) is 5.91 Å². The molecule has 1 aliphatic heterocycles. The summed E-state index contributed by atoms with van der Waals surface area (Å²) >= 11 is 0. The molecule has 0 atom stereocenters. The summed E-state index contributed by atoms with van der Waals surface area (Å²) in [5.74, 6) is -0.0750. The number of rotatable bonds is 6. The molecule has 28 heavy (non-hydrogen) atoms. The van der Waals surface area contributed by atoms with Crippen molar-refractivity contribution in [3.8, 4) is 5.75 Å². The van der Waals surface area contributed by atoms with E-state index >= 15 is 0 Å². The molecule has 0 radical (unpaired) electrons. The van der Waals surface area contributed by atoms with Crippen molar-refractivity contribution in [1.82, 2.24) is 9.62 Å². The van der Waals surface area contributed by atoms with Gasteiger partial charge in [-0.3, -0.25) is 4.79 Å². The number of hydrogen-bond donors (Lipinski definition) is 1. The van der Waals surface area contributed by atoms with E-state index in [0.29, 0.717) is 38.3 Å². The minimum Gasteiger partial charge on any atom is -0.495 e. The molecule has 0 unspecified atom stereocenters. The maximum absolute atomic E-state index is 13.2. The molecule has 3 rings (SSSR count). The summed E-state index contributed by atoms with van der Waals surface area (Å²) in [5.41, 5.74) is 1.37. The van der Waals surface area contributed by atoms with Gasteiger partial charge in [-0.2, -0.15) is 4.31 Å². The van der Waals surface area contributed by atoms with Gasteiger partial charge in [0.1, 0.15) is 10.6 Å². The number of sulfonamides is 1. The fourth-order valence-electron chi connectivity index (χ4n) is 3.25. The molecule has 1 heterocycles. The zero-order chi connectivity index (χ0) is 20.1. The number of benzene rings is 2. The molecule has 0 spiro atoms. The quantitative estimate of drug-likeness (QED) is 0.798. The zero-order valence-electron chi connectivity index (χ0n) is 16.1. The summed E-state index contributed by atoms with van der Waals surface area (Å²) < 4.78 is 33.2. The molecule has 1 aliphatic rings. The number of anilines is 1. The molecule has 1 amide bonds. The zero-order valence-corrected chi connectivity index (χ0v) is 16.9. The molecular formula is C20H25N3O4S. The van der Waals surface area contributed by atoms with Crippen LogP contribution in [-0.4, -0.2) is 58.5 Å². The Bertz CT molecular complexity index is 924. The van der Waals surface area contributed by atoms with Crippen molar-refractivity contribution in [2.24, 2.45) is 0 Å². The molecule has 0 aromatic heterocycles. The van der Waals surface area contributed by atoms with Crippen molar-refractivity contribution < 1.29 is 17.9 Å². The highest BCUT2D eigenvalue weighted by atomic mass is 32.2. The molecule has 2 aromatic rings. The molecule has 2 aromatic carbocycles. The highest BCUT2D eigenvalue weighted by Gasteiger charge is 2.31. The van der Waals surface area contributed by atoms with Crippen LogP contribution in [0.15, 0.2) is 53.4 Å². The van der Waals surface area contributed by atoms with E-state index in [1.165, 1.54) is 23.5 Å². The summed E-state index contributed by atoms with van der Waals surface area (Å²) in [6.45, 7) is 4.21. The maximum atomic E-state index is 13.2. The Balaban J connectivity index is 1.83. The van der Waals surface area contributed by atoms with E-state index in [0.717, 1.165) is 5.69 Å². The fourth-order valence-corrected chi connectivity index (χ4v) is 4.85. The van der Waals surface area contributed by atoms with E-state index in [-0.39, 0.29) is 16.6 Å². The van der Waals surface area contributed by atoms with Crippen LogP contribution in [0.2, 0.25) is 0 Å². The molecule has 0 aliphatic carbocycles. The lowest BCUT2D eigenvalue weighted by Crippen LogP contribution is -2.48. The molecule has 1 N–H and O–H groups in total. The van der Waals surface area contributed by atoms with Crippen molar-refractivity contribution in [3.63, 3.8) is 0 Å². The first-order valence-electron chi connectivity index (χ1n) is 9.23. The number of amides is 1. The number of carbonyl (C=O) groups excluding carboxylic acids is 1. The predicted octanol–water partition coefficient (Wildman–Crippen LogP) is 1.96. The fraction of sp³-hybridized carbons (Fsp3) is 0.350. The van der Waals surface area contributed by atoms with Crippen molar-refractivity contribution in [1.29, 1.82) is 0 Å². The Morgan fingerprint density at radius 3 is 2.36 bits per heavy atom. The number of hydrogen-bond acceptors (Lipinski definition) is 5. The van der Waals surface area contributed by atoms with E-state index < -0.39 is 10.0 Å². The third-order valence-corrected chi connectivity index (χ3v) is 6.66. The van der Waals surface area contributed by atoms with Crippen LogP contribution in [0.3, 0.4) is 0 Å². The van der Waals surface area contributed by atoms with Crippen LogP contribution >= 0.6 is 0 Å². The summed E-state index contributed by atoms with van der Waals surface area (Å²) in [7, 11) is -2.36. The highest BCUT2D eigenvalue weighted by molar-refractivity contribution is 7.89. The Kier molecular flexibility index (Phi) is 6.21. The van der Waals surface area contributed by atoms with Crippen molar-refractivity contribution in [3.05, 3.63) is 54.1 Å². The van der Waals surface area contributed by atoms with E-state index in [4.69, 9.17) is 4.74 Å². The number of nitrogens with zero attached hydrogens (tertiary/aromatic N) is 2. The second-order valence-electron chi connectivity index (χ2n) is 6.45. The molecule has 0 saturated carbocycles. The van der Waals surface area contributed by atoms with E-state index in [1.54, 1.807) is 6.07 Å². The van der Waals surface area contributed by atoms with Gasteiger partial charge in [-0.15, -0.1) is 0 Å². The first kappa shape index (κ1) is 20.2. The van der Waals surface area contributed by atoms with Crippen LogP contribution in [0.25, 0.3) is 0 Å². The van der Waals surface area contributed by atoms with Crippen LogP contribution in [-0.2, 0) is 10.0 Å². The lowest BCUT2D eigenvalue weighted by molar-refractivity contribution is 0.0955. The van der Waals surface area contributed by atoms with Crippen molar-refractivity contribution >= 4 is 21.6 Å². The SMILES string of the molecule is CCNC(=O)c1ccc(OC)c(S(=O)(=O)N2CCN(c3ccccc3)CC2)c1. The number of piperazine rings is 1. The molecular weight excluding hydrogens is 378 g/mol. The monoisotopic (exact) mass is 403 g/mol. The third kappa shape index (κ3) is 4.13. The standard InChI is InChI=1S/C20H25N3O4S/c1-3-21-20(24)16-9-10-18(27-2)19(15-16)28(25,26)23-13-11-22(12-14-23)17-7-5-4-6-8-17/h4-10,15H,3,11-14H2,1-2H3,(H,21,24). The first-order valence-corrected chi connectivity index (χ1v) is 10.7. The third-order valence-electron chi connectivity index (χ3n) is 4.74. The molecule has 0 bridgehead atoms. The summed E-state index contributed by atoms with van der Waals surface area (Å²) in [6.07, 6.45) is 0. The van der Waals surface area contributed by atoms with E-state index in [2.05, 4.69) is 10.2 Å². The van der Waals surface area contributed by atoms with Gasteiger partial charge in [0.15, 0.2) is 0 Å². The van der Waals surface area contributed by atoms with Crippen LogP contribution in [0.5, 0.6) is 5.75 Å². The van der Waals surface area contributed by atoms with Crippen LogP contribution in [0.1, 0.15) is 17.3 Å². The molecule has 150 valence electrons. The molecule has 7 nitrogen and oxygen atoms in total. The highest BCUT2D eigenvalue weighted by Crippen LogP contribution is 2.29. The largest absolute Gasteiger partial charge is 0.495 e. The minimum atomic E-state index is -3.78. The first-order chi connectivity index (χ1) is 13.5. The van der Waals surface area contributed by atoms with E-state index in [9.17, 15) is 13.2 Å². The average molecular weight is 404 g/mol. The molecule has 8 heteroatoms. The summed E-state index contributed by atoms with van der Waals surface area (Å²) in [5, 5.41) is 2.69. The lowest BCUT2D eigenvalue weighted by atomic mass is 10.2. The smallest absolute Gasteiger partial charge is 0.251 e. The van der Waals surface area contributed by atoms with Crippen LogP contribution in [0.4, 0.5) is 5.69 Å². The van der Waals surface area contributed by atoms with Gasteiger partial charge in [-0.25, -0.2) is 8.42 Å². The van der Waals surface area contributed by atoms with Crippen molar-refractivity contribution in [2.45, 2.75) is 11.8 Å². The topological polar surface area (TPSA) is 78.9 Å². The van der Waals surface area contributed by atoms with Gasteiger partial charge in [-0.1, -0.05) is 18.2 Å². The Morgan fingerprint density at radius 1 is 1.07 bits per heavy atom. The molecule has 1 fully saturated rings. The van der Waals surface area contributed by atoms with Gasteiger partial charge >= 0.3 is 0 Å². The number of carbonyl (C=O) groups is 1. The average Bonchev–Trinajstić information content (AvgIpc) is 2.74. The van der Waals surface area contributed by atoms with Gasteiger partial charge < -0.3 is 15.0 Å². The Labute approximate surface area is 166 Å². The van der Waals surface area contributed by atoms with Crippen LogP contribution < -0.4 is 15.0 Å². The Hall–Kier alpha value is -2.58. The second kappa shape index (κ2) is 8.62.